The molecule has 1 aromatic carbocycles. The van der Waals surface area contributed by atoms with E-state index in [2.05, 4.69) is 20.4 Å². The molecule has 1 aliphatic heterocycles. The lowest BCUT2D eigenvalue weighted by Crippen LogP contribution is -2.45. The molecule has 1 aliphatic rings. The Hall–Kier alpha value is -1.92. The van der Waals surface area contributed by atoms with Crippen molar-refractivity contribution < 1.29 is 9.13 Å². The minimum absolute atomic E-state index is 0.118. The van der Waals surface area contributed by atoms with Crippen LogP contribution in [0.25, 0.3) is 0 Å². The Morgan fingerprint density at radius 1 is 1.29 bits per heavy atom. The Morgan fingerprint density at radius 3 is 2.67 bits per heavy atom. The van der Waals surface area contributed by atoms with Gasteiger partial charge in [0.1, 0.15) is 5.82 Å². The monoisotopic (exact) mass is 332 g/mol. The average Bonchev–Trinajstić information content (AvgIpc) is 2.92. The molecule has 0 radical (unpaired) electrons. The predicted octanol–water partition coefficient (Wildman–Crippen LogP) is 2.76. The summed E-state index contributed by atoms with van der Waals surface area (Å²) < 4.78 is 20.2. The van der Waals surface area contributed by atoms with Gasteiger partial charge in [0.15, 0.2) is 0 Å². The molecule has 0 saturated carbocycles. The molecule has 5 nitrogen and oxygen atoms in total. The number of halogens is 1. The number of benzene rings is 1. The molecular formula is C18H25FN4O. The van der Waals surface area contributed by atoms with Gasteiger partial charge in [-0.3, -0.25) is 5.10 Å². The Morgan fingerprint density at radius 2 is 2.04 bits per heavy atom. The van der Waals surface area contributed by atoms with Crippen molar-refractivity contribution >= 4 is 5.69 Å². The van der Waals surface area contributed by atoms with Crippen LogP contribution >= 0.6 is 0 Å². The van der Waals surface area contributed by atoms with E-state index in [4.69, 9.17) is 4.74 Å². The molecule has 2 heterocycles. The van der Waals surface area contributed by atoms with E-state index >= 15 is 0 Å². The predicted molar refractivity (Wildman–Crippen MR) is 92.5 cm³/mol. The first-order valence-corrected chi connectivity index (χ1v) is 8.41. The SMILES string of the molecule is Cc1[nH]ncc1CNCc1ccc(N2C[C@@H](C)O[C@H](C)C2)c(F)c1. The molecule has 2 atom stereocenters. The quantitative estimate of drug-likeness (QED) is 0.884. The number of nitrogens with one attached hydrogen (secondary N) is 2. The molecule has 24 heavy (non-hydrogen) atoms. The number of anilines is 1. The summed E-state index contributed by atoms with van der Waals surface area (Å²) in [5.74, 6) is -0.171. The highest BCUT2D eigenvalue weighted by molar-refractivity contribution is 5.49. The van der Waals surface area contributed by atoms with Gasteiger partial charge in [0, 0.05) is 37.4 Å². The largest absolute Gasteiger partial charge is 0.372 e. The van der Waals surface area contributed by atoms with E-state index < -0.39 is 0 Å². The van der Waals surface area contributed by atoms with E-state index in [0.717, 1.165) is 29.9 Å². The molecule has 2 N–H and O–H groups in total. The summed E-state index contributed by atoms with van der Waals surface area (Å²) in [4.78, 5) is 2.07. The summed E-state index contributed by atoms with van der Waals surface area (Å²) in [5.41, 5.74) is 3.78. The molecule has 0 aliphatic carbocycles. The zero-order chi connectivity index (χ0) is 17.1. The van der Waals surface area contributed by atoms with Crippen LogP contribution in [0.5, 0.6) is 0 Å². The van der Waals surface area contributed by atoms with Gasteiger partial charge in [0.05, 0.1) is 24.1 Å². The molecule has 0 unspecified atom stereocenters. The van der Waals surface area contributed by atoms with E-state index in [1.54, 1.807) is 6.07 Å². The number of morpholine rings is 1. The van der Waals surface area contributed by atoms with Crippen LogP contribution in [0.4, 0.5) is 10.1 Å². The second kappa shape index (κ2) is 7.32. The maximum absolute atomic E-state index is 14.5. The summed E-state index contributed by atoms with van der Waals surface area (Å²) in [6, 6.07) is 5.48. The topological polar surface area (TPSA) is 53.2 Å². The molecule has 130 valence electrons. The number of hydrogen-bond acceptors (Lipinski definition) is 4. The fourth-order valence-electron chi connectivity index (χ4n) is 3.19. The first-order valence-electron chi connectivity index (χ1n) is 8.41. The van der Waals surface area contributed by atoms with Gasteiger partial charge in [-0.25, -0.2) is 4.39 Å². The van der Waals surface area contributed by atoms with Crippen LogP contribution < -0.4 is 10.2 Å². The number of aromatic nitrogens is 2. The van der Waals surface area contributed by atoms with Crippen LogP contribution in [0.2, 0.25) is 0 Å². The van der Waals surface area contributed by atoms with Gasteiger partial charge in [-0.1, -0.05) is 6.07 Å². The minimum Gasteiger partial charge on any atom is -0.372 e. The Bertz CT molecular complexity index is 677. The fourth-order valence-corrected chi connectivity index (χ4v) is 3.19. The Balaban J connectivity index is 1.61. The van der Waals surface area contributed by atoms with Crippen molar-refractivity contribution in [2.75, 3.05) is 18.0 Å². The number of aryl methyl sites for hydroxylation is 1. The number of aromatic amines is 1. The van der Waals surface area contributed by atoms with Crippen molar-refractivity contribution in [2.45, 2.75) is 46.1 Å². The second-order valence-corrected chi connectivity index (χ2v) is 6.57. The number of rotatable bonds is 5. The first-order chi connectivity index (χ1) is 11.5. The van der Waals surface area contributed by atoms with Crippen LogP contribution in [0.3, 0.4) is 0 Å². The Labute approximate surface area is 142 Å². The fraction of sp³-hybridized carbons (Fsp3) is 0.500. The van der Waals surface area contributed by atoms with Crippen LogP contribution in [0.15, 0.2) is 24.4 Å². The van der Waals surface area contributed by atoms with Crippen molar-refractivity contribution in [1.82, 2.24) is 15.5 Å². The lowest BCUT2D eigenvalue weighted by atomic mass is 10.1. The van der Waals surface area contributed by atoms with E-state index in [-0.39, 0.29) is 18.0 Å². The van der Waals surface area contributed by atoms with E-state index in [9.17, 15) is 4.39 Å². The van der Waals surface area contributed by atoms with Crippen molar-refractivity contribution in [3.05, 3.63) is 47.0 Å². The number of nitrogens with zero attached hydrogens (tertiary/aromatic N) is 2. The molecule has 1 fully saturated rings. The summed E-state index contributed by atoms with van der Waals surface area (Å²) in [6.45, 7) is 8.81. The van der Waals surface area contributed by atoms with Gasteiger partial charge in [-0.15, -0.1) is 0 Å². The average molecular weight is 332 g/mol. The van der Waals surface area contributed by atoms with Crippen molar-refractivity contribution in [2.24, 2.45) is 0 Å². The molecule has 0 bridgehead atoms. The number of hydrogen-bond donors (Lipinski definition) is 2. The van der Waals surface area contributed by atoms with Gasteiger partial charge in [-0.2, -0.15) is 5.10 Å². The Kier molecular flexibility index (Phi) is 5.16. The summed E-state index contributed by atoms with van der Waals surface area (Å²) in [6.07, 6.45) is 2.05. The normalized spacial score (nSPS) is 21.2. The minimum atomic E-state index is -0.171. The third kappa shape index (κ3) is 3.94. The molecular weight excluding hydrogens is 307 g/mol. The molecule has 3 rings (SSSR count). The maximum Gasteiger partial charge on any atom is 0.146 e. The van der Waals surface area contributed by atoms with Gasteiger partial charge in [0.2, 0.25) is 0 Å². The van der Waals surface area contributed by atoms with E-state index in [1.165, 1.54) is 0 Å². The van der Waals surface area contributed by atoms with Gasteiger partial charge in [-0.05, 0) is 38.5 Å². The van der Waals surface area contributed by atoms with Crippen LogP contribution in [0, 0.1) is 12.7 Å². The third-order valence-corrected chi connectivity index (χ3v) is 4.35. The molecule has 1 saturated heterocycles. The number of H-pyrrole nitrogens is 1. The molecule has 6 heteroatoms. The second-order valence-electron chi connectivity index (χ2n) is 6.57. The van der Waals surface area contributed by atoms with Crippen LogP contribution in [-0.4, -0.2) is 35.5 Å². The zero-order valence-corrected chi connectivity index (χ0v) is 14.5. The van der Waals surface area contributed by atoms with Gasteiger partial charge in [0.25, 0.3) is 0 Å². The lowest BCUT2D eigenvalue weighted by molar-refractivity contribution is -0.00539. The first kappa shape index (κ1) is 16.9. The summed E-state index contributed by atoms with van der Waals surface area (Å²) >= 11 is 0. The van der Waals surface area contributed by atoms with Crippen molar-refractivity contribution in [3.8, 4) is 0 Å². The summed E-state index contributed by atoms with van der Waals surface area (Å²) in [5, 5.41) is 10.2. The maximum atomic E-state index is 14.5. The highest BCUT2D eigenvalue weighted by atomic mass is 19.1. The number of ether oxygens (including phenoxy) is 1. The van der Waals surface area contributed by atoms with Crippen molar-refractivity contribution in [1.29, 1.82) is 0 Å². The highest BCUT2D eigenvalue weighted by Crippen LogP contribution is 2.24. The standard InChI is InChI=1S/C18H25FN4O/c1-12-10-23(11-13(2)24-12)18-5-4-15(6-17(18)19)7-20-8-16-9-21-22-14(16)3/h4-6,9,12-13,20H,7-8,10-11H2,1-3H3,(H,21,22)/t12-,13-/m1/s1. The molecule has 0 amide bonds. The van der Waals surface area contributed by atoms with Gasteiger partial charge >= 0.3 is 0 Å². The van der Waals surface area contributed by atoms with Crippen LogP contribution in [0.1, 0.15) is 30.7 Å². The molecule has 0 spiro atoms. The van der Waals surface area contributed by atoms with Gasteiger partial charge < -0.3 is 15.0 Å². The third-order valence-electron chi connectivity index (χ3n) is 4.35. The molecule has 1 aromatic heterocycles. The van der Waals surface area contributed by atoms with E-state index in [1.807, 2.05) is 39.1 Å². The van der Waals surface area contributed by atoms with Crippen molar-refractivity contribution in [3.63, 3.8) is 0 Å². The smallest absolute Gasteiger partial charge is 0.146 e. The summed E-state index contributed by atoms with van der Waals surface area (Å²) in [7, 11) is 0. The van der Waals surface area contributed by atoms with Crippen LogP contribution in [-0.2, 0) is 17.8 Å². The highest BCUT2D eigenvalue weighted by Gasteiger charge is 2.24. The lowest BCUT2D eigenvalue weighted by Gasteiger charge is -2.37. The molecule has 2 aromatic rings. The van der Waals surface area contributed by atoms with E-state index in [0.29, 0.717) is 18.8 Å². The zero-order valence-electron chi connectivity index (χ0n) is 14.5.